The average Bonchev–Trinajstić information content (AvgIpc) is 2.80. The molecule has 4 aromatic heterocycles. The number of carbonyl (C=O) groups excluding carboxylic acids is 3. The standard InChI is InChI=1S/C63H74FN11O8S/c1-8-39-10-9-11-41-24-44(76)25-46(52(39)41)54-53(64)55-47(29-65-54)57(72-30-42-16-17-43(31-72)75(42)61(80)82-62(5,6)7)69-60(68-55)81-23-22-71-20-18-63(19-21-71)33-73(34-63)50-27-49(83-70-50)51(36(2)3)59(79)74-32-45(77)26-48(74)58(78)66-28-38-12-14-40(15-13-38)56-37(4)67-35-84-56/h9-15,24-25,27,29,35-36,42-43,45,48,51,76-77H,8,16-23,26,28,30-34H2,1-7H3,(H,66,78)/t42?,43?,45-,48+,51-/m1/s1. The molecule has 19 nitrogen and oxygen atoms in total. The minimum absolute atomic E-state index is 0.00197. The van der Waals surface area contributed by atoms with Crippen LogP contribution in [-0.4, -0.2) is 157 Å². The summed E-state index contributed by atoms with van der Waals surface area (Å²) in [7, 11) is 0. The lowest BCUT2D eigenvalue weighted by Gasteiger charge is -2.54. The van der Waals surface area contributed by atoms with Crippen molar-refractivity contribution >= 4 is 62.6 Å². The van der Waals surface area contributed by atoms with Crippen molar-refractivity contribution in [2.75, 3.05) is 68.8 Å². The molecule has 0 saturated carbocycles. The van der Waals surface area contributed by atoms with Gasteiger partial charge in [-0.15, -0.1) is 11.3 Å². The lowest BCUT2D eigenvalue weighted by Crippen LogP contribution is -2.60. The maximum atomic E-state index is 17.4. The summed E-state index contributed by atoms with van der Waals surface area (Å²) in [6.45, 7) is 18.9. The molecule has 7 aromatic rings. The molecule has 0 radical (unpaired) electrons. The minimum atomic E-state index is -0.831. The number of aromatic nitrogens is 5. The molecule has 2 bridgehead atoms. The van der Waals surface area contributed by atoms with Gasteiger partial charge in [0.2, 0.25) is 11.8 Å². The number of anilines is 2. The Bertz CT molecular complexity index is 3600. The maximum Gasteiger partial charge on any atom is 0.410 e. The first-order chi connectivity index (χ1) is 40.3. The van der Waals surface area contributed by atoms with Gasteiger partial charge in [-0.3, -0.25) is 24.4 Å². The second-order valence-corrected chi connectivity index (χ2v) is 25.8. The van der Waals surface area contributed by atoms with E-state index < -0.39 is 29.5 Å². The second kappa shape index (κ2) is 22.8. The van der Waals surface area contributed by atoms with Gasteiger partial charge in [0.1, 0.15) is 46.9 Å². The van der Waals surface area contributed by atoms with Crippen molar-refractivity contribution < 1.29 is 43.0 Å². The molecule has 84 heavy (non-hydrogen) atoms. The van der Waals surface area contributed by atoms with Gasteiger partial charge in [0.15, 0.2) is 17.4 Å². The summed E-state index contributed by atoms with van der Waals surface area (Å²) in [6.07, 6.45) is 4.81. The van der Waals surface area contributed by atoms with E-state index in [2.05, 4.69) is 30.2 Å². The number of halogens is 1. The second-order valence-electron chi connectivity index (χ2n) is 25.0. The third-order valence-corrected chi connectivity index (χ3v) is 18.7. The van der Waals surface area contributed by atoms with E-state index in [-0.39, 0.29) is 90.4 Å². The zero-order valence-corrected chi connectivity index (χ0v) is 49.6. The lowest BCUT2D eigenvalue weighted by molar-refractivity contribution is -0.141. The summed E-state index contributed by atoms with van der Waals surface area (Å²) in [6, 6.07) is 17.9. The smallest absolute Gasteiger partial charge is 0.410 e. The molecule has 21 heteroatoms. The molecule has 5 atom stereocenters. The fraction of sp³-hybridized carbons (Fsp3) is 0.492. The van der Waals surface area contributed by atoms with Gasteiger partial charge in [0.25, 0.3) is 0 Å². The number of phenols is 1. The van der Waals surface area contributed by atoms with Gasteiger partial charge in [0, 0.05) is 75.5 Å². The molecule has 2 unspecified atom stereocenters. The molecule has 5 aliphatic heterocycles. The van der Waals surface area contributed by atoms with Crippen LogP contribution in [0.5, 0.6) is 11.8 Å². The number of likely N-dealkylation sites (tertiary alicyclic amines) is 2. The van der Waals surface area contributed by atoms with Crippen LogP contribution in [0.25, 0.3) is 43.4 Å². The number of hydrogen-bond acceptors (Lipinski definition) is 17. The van der Waals surface area contributed by atoms with Crippen LogP contribution < -0.4 is 19.9 Å². The number of carbonyl (C=O) groups is 3. The molecule has 1 spiro atoms. The SMILES string of the molecule is CCc1cccc2cc(O)cc(-c3ncc4c(N5CC6CCC(C5)N6C(=O)OC(C)(C)C)nc(OCCN5CCC6(CC5)CN(c5cc([C@H](C(=O)N7C[C@H](O)C[C@H]7C(=O)NCc7ccc(-c8scnc8C)cc7)C(C)C)on5)C6)nc4c3F)c12. The average molecular weight is 1160 g/mol. The number of nitrogens with one attached hydrogen (secondary N) is 1. The summed E-state index contributed by atoms with van der Waals surface area (Å²) in [4.78, 5) is 71.5. The van der Waals surface area contributed by atoms with Crippen molar-refractivity contribution in [1.29, 1.82) is 0 Å². The first-order valence-electron chi connectivity index (χ1n) is 29.5. The van der Waals surface area contributed by atoms with Crippen LogP contribution in [-0.2, 0) is 27.3 Å². The van der Waals surface area contributed by atoms with Gasteiger partial charge < -0.3 is 44.2 Å². The highest BCUT2D eigenvalue weighted by molar-refractivity contribution is 7.13. The number of piperidine rings is 1. The normalized spacial score (nSPS) is 21.0. The number of fused-ring (bicyclic) bond motifs is 4. The molecule has 3 amide bonds. The number of ether oxygens (including phenoxy) is 2. The number of β-amino-alcohol motifs (C(OH)–C–C–N with tert-alkyl or cyclic N) is 1. The van der Waals surface area contributed by atoms with Crippen LogP contribution >= 0.6 is 11.3 Å². The van der Waals surface area contributed by atoms with E-state index in [4.69, 9.17) is 28.9 Å². The predicted octanol–water partition coefficient (Wildman–Crippen LogP) is 9.26. The van der Waals surface area contributed by atoms with Gasteiger partial charge in [-0.1, -0.05) is 68.4 Å². The van der Waals surface area contributed by atoms with Crippen LogP contribution in [0.3, 0.4) is 0 Å². The Kier molecular flexibility index (Phi) is 15.5. The number of aliphatic hydroxyl groups is 1. The molecular formula is C63H74FN11O8S. The van der Waals surface area contributed by atoms with Crippen molar-refractivity contribution in [1.82, 2.24) is 45.1 Å². The van der Waals surface area contributed by atoms with Crippen molar-refractivity contribution in [2.45, 2.75) is 129 Å². The number of amides is 3. The number of hydrogen-bond donors (Lipinski definition) is 3. The van der Waals surface area contributed by atoms with Crippen molar-refractivity contribution in [3.8, 4) is 33.5 Å². The Morgan fingerprint density at radius 2 is 1.71 bits per heavy atom. The van der Waals surface area contributed by atoms with Gasteiger partial charge in [-0.2, -0.15) is 9.97 Å². The molecule has 5 fully saturated rings. The number of thiazole rings is 1. The molecule has 3 N–H and O–H groups in total. The number of aliphatic hydroxyl groups excluding tert-OH is 1. The number of aromatic hydroxyl groups is 1. The molecule has 442 valence electrons. The van der Waals surface area contributed by atoms with E-state index >= 15 is 4.39 Å². The number of rotatable bonds is 15. The van der Waals surface area contributed by atoms with Crippen molar-refractivity contribution in [3.63, 3.8) is 0 Å². The first-order valence-corrected chi connectivity index (χ1v) is 30.4. The molecule has 9 heterocycles. The van der Waals surface area contributed by atoms with E-state index in [0.29, 0.717) is 54.4 Å². The minimum Gasteiger partial charge on any atom is -0.508 e. The van der Waals surface area contributed by atoms with E-state index in [1.54, 1.807) is 29.7 Å². The first kappa shape index (κ1) is 57.0. The number of pyridine rings is 1. The van der Waals surface area contributed by atoms with Crippen LogP contribution in [0.1, 0.15) is 102 Å². The van der Waals surface area contributed by atoms with Crippen LogP contribution in [0.4, 0.5) is 20.8 Å². The molecule has 5 aliphatic rings. The maximum absolute atomic E-state index is 17.4. The van der Waals surface area contributed by atoms with Crippen LogP contribution in [0, 0.1) is 24.1 Å². The third kappa shape index (κ3) is 11.2. The Labute approximate surface area is 492 Å². The van der Waals surface area contributed by atoms with E-state index in [1.807, 2.05) is 107 Å². The highest BCUT2D eigenvalue weighted by Gasteiger charge is 2.48. The van der Waals surface area contributed by atoms with E-state index in [1.165, 1.54) is 4.90 Å². The fourth-order valence-corrected chi connectivity index (χ4v) is 14.2. The van der Waals surface area contributed by atoms with Crippen LogP contribution in [0.2, 0.25) is 0 Å². The molecule has 12 rings (SSSR count). The lowest BCUT2D eigenvalue weighted by atomic mass is 9.72. The van der Waals surface area contributed by atoms with E-state index in [9.17, 15) is 24.6 Å². The molecule has 5 saturated heterocycles. The Hall–Kier alpha value is -7.49. The highest BCUT2D eigenvalue weighted by Crippen LogP contribution is 2.45. The summed E-state index contributed by atoms with van der Waals surface area (Å²) in [5, 5.41) is 31.1. The predicted molar refractivity (Wildman–Crippen MR) is 319 cm³/mol. The summed E-state index contributed by atoms with van der Waals surface area (Å²) < 4.78 is 35.6. The topological polar surface area (TPSA) is 216 Å². The Morgan fingerprint density at radius 3 is 2.40 bits per heavy atom. The number of benzene rings is 3. The quantitative estimate of drug-likeness (QED) is 0.0872. The number of nitrogens with zero attached hydrogens (tertiary/aromatic N) is 10. The van der Waals surface area contributed by atoms with Gasteiger partial charge in [-0.25, -0.2) is 14.2 Å². The Balaban J connectivity index is 0.688. The van der Waals surface area contributed by atoms with Gasteiger partial charge in [0.05, 0.1) is 39.7 Å². The van der Waals surface area contributed by atoms with Crippen molar-refractivity contribution in [3.05, 3.63) is 101 Å². The zero-order chi connectivity index (χ0) is 58.8. The van der Waals surface area contributed by atoms with Gasteiger partial charge in [-0.05, 0) is 118 Å². The molecular weight excluding hydrogens is 1090 g/mol. The summed E-state index contributed by atoms with van der Waals surface area (Å²) >= 11 is 1.59. The molecule has 3 aromatic carbocycles. The highest BCUT2D eigenvalue weighted by atomic mass is 32.1. The fourth-order valence-electron chi connectivity index (χ4n) is 13.4. The largest absolute Gasteiger partial charge is 0.508 e. The summed E-state index contributed by atoms with van der Waals surface area (Å²) in [5.74, 6) is -0.514. The van der Waals surface area contributed by atoms with Crippen molar-refractivity contribution in [2.24, 2.45) is 11.3 Å². The Morgan fingerprint density at radius 1 is 0.964 bits per heavy atom. The zero-order valence-electron chi connectivity index (χ0n) is 48.8. The monoisotopic (exact) mass is 1160 g/mol. The number of piperazine rings is 1. The molecule has 0 aliphatic carbocycles. The third-order valence-electron chi connectivity index (χ3n) is 17.7. The summed E-state index contributed by atoms with van der Waals surface area (Å²) in [5.41, 5.74) is 5.83. The number of phenolic OH excluding ortho intramolecular Hbond substituents is 1. The van der Waals surface area contributed by atoms with Crippen LogP contribution in [0.15, 0.2) is 76.9 Å². The van der Waals surface area contributed by atoms with Gasteiger partial charge >= 0.3 is 12.1 Å². The van der Waals surface area contributed by atoms with E-state index in [0.717, 1.165) is 89.9 Å². The number of aryl methyl sites for hydroxylation is 2.